The van der Waals surface area contributed by atoms with Crippen LogP contribution in [0.4, 0.5) is 16.2 Å². The fourth-order valence-corrected chi connectivity index (χ4v) is 5.25. The number of halogens is 1. The first kappa shape index (κ1) is 33.3. The smallest absolute Gasteiger partial charge is 0.335 e. The monoisotopic (exact) mass is 727 g/mol. The zero-order chi connectivity index (χ0) is 32.7. The van der Waals surface area contributed by atoms with E-state index in [1.165, 1.54) is 19.3 Å². The number of nitrogens with one attached hydrogen (secondary N) is 2. The molecule has 0 unspecified atom stereocenters. The van der Waals surface area contributed by atoms with Crippen molar-refractivity contribution in [3.05, 3.63) is 74.4 Å². The molecule has 0 bridgehead atoms. The Bertz CT molecular complexity index is 1670. The van der Waals surface area contributed by atoms with Gasteiger partial charge in [0.05, 0.1) is 29.6 Å². The molecule has 1 heterocycles. The van der Waals surface area contributed by atoms with E-state index in [1.807, 2.05) is 68.5 Å². The summed E-state index contributed by atoms with van der Waals surface area (Å²) in [4.78, 5) is 52.7. The molecular formula is C33H34IN3O8. The van der Waals surface area contributed by atoms with Crippen LogP contribution in [0.3, 0.4) is 0 Å². The number of urea groups is 1. The summed E-state index contributed by atoms with van der Waals surface area (Å²) in [6.45, 7) is 8.20. The standard InChI is InChI=1S/C33H34IN3O8/c1-6-13-44-26-12-11-22(17-27(26)43-7-2)37-32(40)23(31(39)36-33(37)41)14-21-15-24(34)30(28(16-21)42-5)45-18-29(38)35-25-10-8-9-19(3)20(25)4/h8-12,14-17H,6-7,13,18H2,1-5H3,(H,35,38)(H,36,39,41)/b23-14+. The second kappa shape index (κ2) is 14.9. The second-order valence-electron chi connectivity index (χ2n) is 9.99. The van der Waals surface area contributed by atoms with E-state index in [2.05, 4.69) is 10.6 Å². The van der Waals surface area contributed by atoms with Gasteiger partial charge in [-0.1, -0.05) is 19.1 Å². The van der Waals surface area contributed by atoms with Crippen molar-refractivity contribution in [2.75, 3.05) is 37.1 Å². The molecule has 1 aliphatic heterocycles. The van der Waals surface area contributed by atoms with E-state index in [4.69, 9.17) is 18.9 Å². The average Bonchev–Trinajstić information content (AvgIpc) is 3.00. The van der Waals surface area contributed by atoms with Gasteiger partial charge in [-0.3, -0.25) is 19.7 Å². The molecule has 1 fully saturated rings. The molecule has 0 radical (unpaired) electrons. The van der Waals surface area contributed by atoms with Crippen LogP contribution in [0.1, 0.15) is 37.0 Å². The van der Waals surface area contributed by atoms with Crippen LogP contribution in [-0.4, -0.2) is 50.7 Å². The Labute approximate surface area is 275 Å². The Morgan fingerprint density at radius 2 is 1.76 bits per heavy atom. The Kier molecular flexibility index (Phi) is 11.0. The molecule has 0 spiro atoms. The van der Waals surface area contributed by atoms with Crippen LogP contribution in [0.25, 0.3) is 6.08 Å². The molecule has 1 aliphatic rings. The molecule has 236 valence electrons. The van der Waals surface area contributed by atoms with Crippen molar-refractivity contribution in [3.63, 3.8) is 0 Å². The zero-order valence-corrected chi connectivity index (χ0v) is 27.8. The lowest BCUT2D eigenvalue weighted by atomic mass is 10.1. The SMILES string of the molecule is CCCOc1ccc(N2C(=O)NC(=O)/C(=C\c3cc(I)c(OCC(=O)Nc4cccc(C)c4C)c(OC)c3)C2=O)cc1OCC. The molecule has 4 rings (SSSR count). The van der Waals surface area contributed by atoms with Gasteiger partial charge < -0.3 is 24.3 Å². The molecular weight excluding hydrogens is 693 g/mol. The maximum atomic E-state index is 13.6. The third-order valence-corrected chi connectivity index (χ3v) is 7.64. The van der Waals surface area contributed by atoms with Gasteiger partial charge in [0.2, 0.25) is 0 Å². The summed E-state index contributed by atoms with van der Waals surface area (Å²) in [5.74, 6) is -0.554. The van der Waals surface area contributed by atoms with Gasteiger partial charge in [0.1, 0.15) is 5.57 Å². The number of ether oxygens (including phenoxy) is 4. The van der Waals surface area contributed by atoms with E-state index >= 15 is 0 Å². The second-order valence-corrected chi connectivity index (χ2v) is 11.2. The number of methoxy groups -OCH3 is 1. The molecule has 3 aromatic rings. The van der Waals surface area contributed by atoms with Crippen LogP contribution in [0.5, 0.6) is 23.0 Å². The van der Waals surface area contributed by atoms with Crippen LogP contribution in [-0.2, 0) is 14.4 Å². The highest BCUT2D eigenvalue weighted by Crippen LogP contribution is 2.36. The third kappa shape index (κ3) is 7.74. The largest absolute Gasteiger partial charge is 0.493 e. The topological polar surface area (TPSA) is 132 Å². The van der Waals surface area contributed by atoms with Gasteiger partial charge in [0.25, 0.3) is 17.7 Å². The number of nitrogens with zero attached hydrogens (tertiary/aromatic N) is 1. The first-order valence-corrected chi connectivity index (χ1v) is 15.3. The highest BCUT2D eigenvalue weighted by molar-refractivity contribution is 14.1. The summed E-state index contributed by atoms with van der Waals surface area (Å²) in [5.41, 5.74) is 3.10. The van der Waals surface area contributed by atoms with Crippen molar-refractivity contribution >= 4 is 63.8 Å². The number of barbiturate groups is 1. The number of carbonyl (C=O) groups excluding carboxylic acids is 4. The van der Waals surface area contributed by atoms with Gasteiger partial charge in [-0.25, -0.2) is 9.69 Å². The van der Waals surface area contributed by atoms with Crippen LogP contribution < -0.4 is 34.5 Å². The molecule has 0 atom stereocenters. The van der Waals surface area contributed by atoms with Crippen LogP contribution in [0.2, 0.25) is 0 Å². The lowest BCUT2D eigenvalue weighted by molar-refractivity contribution is -0.122. The number of amides is 5. The summed E-state index contributed by atoms with van der Waals surface area (Å²) in [6.07, 6.45) is 2.15. The molecule has 5 amide bonds. The average molecular weight is 728 g/mol. The first-order valence-electron chi connectivity index (χ1n) is 14.2. The summed E-state index contributed by atoms with van der Waals surface area (Å²) in [7, 11) is 1.44. The van der Waals surface area contributed by atoms with Gasteiger partial charge in [-0.2, -0.15) is 0 Å². The zero-order valence-electron chi connectivity index (χ0n) is 25.6. The molecule has 11 nitrogen and oxygen atoms in total. The predicted octanol–water partition coefficient (Wildman–Crippen LogP) is 5.79. The minimum absolute atomic E-state index is 0.207. The highest BCUT2D eigenvalue weighted by atomic mass is 127. The molecule has 0 aliphatic carbocycles. The predicted molar refractivity (Wildman–Crippen MR) is 178 cm³/mol. The Morgan fingerprint density at radius 3 is 2.47 bits per heavy atom. The van der Waals surface area contributed by atoms with Crippen LogP contribution in [0, 0.1) is 17.4 Å². The van der Waals surface area contributed by atoms with Crippen molar-refractivity contribution in [2.24, 2.45) is 0 Å². The van der Waals surface area contributed by atoms with E-state index < -0.39 is 17.8 Å². The quantitative estimate of drug-likeness (QED) is 0.136. The number of rotatable bonds is 12. The number of imide groups is 2. The molecule has 45 heavy (non-hydrogen) atoms. The minimum atomic E-state index is -0.887. The number of anilines is 2. The Morgan fingerprint density at radius 1 is 0.978 bits per heavy atom. The normalized spacial score (nSPS) is 13.9. The summed E-state index contributed by atoms with van der Waals surface area (Å²) in [5, 5.41) is 5.08. The van der Waals surface area contributed by atoms with Crippen molar-refractivity contribution in [2.45, 2.75) is 34.1 Å². The van der Waals surface area contributed by atoms with Crippen molar-refractivity contribution in [1.82, 2.24) is 5.32 Å². The van der Waals surface area contributed by atoms with E-state index in [9.17, 15) is 19.2 Å². The van der Waals surface area contributed by atoms with Crippen molar-refractivity contribution in [3.8, 4) is 23.0 Å². The molecule has 2 N–H and O–H groups in total. The number of aryl methyl sites for hydroxylation is 1. The van der Waals surface area contributed by atoms with Crippen molar-refractivity contribution < 1.29 is 38.1 Å². The fourth-order valence-electron chi connectivity index (χ4n) is 4.47. The van der Waals surface area contributed by atoms with E-state index in [0.717, 1.165) is 22.4 Å². The van der Waals surface area contributed by atoms with Crippen molar-refractivity contribution in [1.29, 1.82) is 0 Å². The van der Waals surface area contributed by atoms with Crippen LogP contribution in [0.15, 0.2) is 54.1 Å². The molecule has 3 aromatic carbocycles. The number of benzene rings is 3. The molecule has 0 aromatic heterocycles. The third-order valence-electron chi connectivity index (χ3n) is 6.84. The van der Waals surface area contributed by atoms with Gasteiger partial charge in [-0.05, 0) is 103 Å². The van der Waals surface area contributed by atoms with Crippen LogP contribution >= 0.6 is 22.6 Å². The van der Waals surface area contributed by atoms with E-state index in [0.29, 0.717) is 45.3 Å². The fraction of sp³-hybridized carbons (Fsp3) is 0.273. The van der Waals surface area contributed by atoms with Gasteiger partial charge >= 0.3 is 6.03 Å². The number of carbonyl (C=O) groups is 4. The Hall–Kier alpha value is -4.59. The summed E-state index contributed by atoms with van der Waals surface area (Å²) < 4.78 is 23.3. The lowest BCUT2D eigenvalue weighted by Gasteiger charge is -2.27. The van der Waals surface area contributed by atoms with Gasteiger partial charge in [0, 0.05) is 11.8 Å². The number of hydrogen-bond acceptors (Lipinski definition) is 8. The highest BCUT2D eigenvalue weighted by Gasteiger charge is 2.37. The summed E-state index contributed by atoms with van der Waals surface area (Å²) >= 11 is 2.02. The van der Waals surface area contributed by atoms with E-state index in [-0.39, 0.29) is 29.5 Å². The first-order chi connectivity index (χ1) is 21.6. The van der Waals surface area contributed by atoms with Gasteiger partial charge in [-0.15, -0.1) is 0 Å². The number of hydrogen-bond donors (Lipinski definition) is 2. The lowest BCUT2D eigenvalue weighted by Crippen LogP contribution is -2.54. The maximum Gasteiger partial charge on any atom is 0.335 e. The molecule has 1 saturated heterocycles. The molecule has 0 saturated carbocycles. The van der Waals surface area contributed by atoms with Gasteiger partial charge in [0.15, 0.2) is 29.6 Å². The summed E-state index contributed by atoms with van der Waals surface area (Å²) in [6, 6.07) is 12.7. The van der Waals surface area contributed by atoms with E-state index in [1.54, 1.807) is 24.3 Å². The minimum Gasteiger partial charge on any atom is -0.493 e. The molecule has 12 heteroatoms. The maximum absolute atomic E-state index is 13.6. The Balaban J connectivity index is 1.57.